The van der Waals surface area contributed by atoms with E-state index in [1.165, 1.54) is 0 Å². The monoisotopic (exact) mass is 463 g/mol. The second kappa shape index (κ2) is 9.96. The predicted molar refractivity (Wildman–Crippen MR) is 132 cm³/mol. The summed E-state index contributed by atoms with van der Waals surface area (Å²) in [6, 6.07) is 20.4. The summed E-state index contributed by atoms with van der Waals surface area (Å²) >= 11 is 6.09. The second-order valence-electron chi connectivity index (χ2n) is 7.94. The van der Waals surface area contributed by atoms with Gasteiger partial charge < -0.3 is 19.9 Å². The summed E-state index contributed by atoms with van der Waals surface area (Å²) in [4.78, 5) is 29.6. The highest BCUT2D eigenvalue weighted by molar-refractivity contribution is 6.31. The fourth-order valence-electron chi connectivity index (χ4n) is 3.97. The lowest BCUT2D eigenvalue weighted by Gasteiger charge is -2.36. The van der Waals surface area contributed by atoms with Gasteiger partial charge in [-0.15, -0.1) is 0 Å². The van der Waals surface area contributed by atoms with Crippen LogP contribution < -0.4 is 15.0 Å². The van der Waals surface area contributed by atoms with Gasteiger partial charge in [0.15, 0.2) is 0 Å². The number of aryl methyl sites for hydroxylation is 1. The van der Waals surface area contributed by atoms with Crippen molar-refractivity contribution in [2.45, 2.75) is 6.92 Å². The third-order valence-electron chi connectivity index (χ3n) is 5.84. The van der Waals surface area contributed by atoms with E-state index in [2.05, 4.69) is 10.2 Å². The Bertz CT molecular complexity index is 1160. The summed E-state index contributed by atoms with van der Waals surface area (Å²) < 4.78 is 5.33. The molecule has 0 spiro atoms. The third kappa shape index (κ3) is 5.12. The molecule has 0 atom stereocenters. The molecule has 33 heavy (non-hydrogen) atoms. The van der Waals surface area contributed by atoms with E-state index >= 15 is 0 Å². The number of piperazine rings is 1. The lowest BCUT2D eigenvalue weighted by molar-refractivity contribution is 0.0743. The Morgan fingerprint density at radius 2 is 1.61 bits per heavy atom. The summed E-state index contributed by atoms with van der Waals surface area (Å²) in [5.74, 6) is 0.322. The van der Waals surface area contributed by atoms with Crippen LogP contribution >= 0.6 is 11.6 Å². The molecule has 4 rings (SSSR count). The van der Waals surface area contributed by atoms with Gasteiger partial charge in [0.05, 0.1) is 12.7 Å². The number of nitrogens with one attached hydrogen (secondary N) is 1. The largest absolute Gasteiger partial charge is 0.496 e. The molecule has 3 aromatic rings. The van der Waals surface area contributed by atoms with Crippen LogP contribution in [0.1, 0.15) is 26.3 Å². The van der Waals surface area contributed by atoms with Crippen LogP contribution in [-0.4, -0.2) is 50.0 Å². The van der Waals surface area contributed by atoms with Crippen LogP contribution in [0.15, 0.2) is 66.7 Å². The molecule has 1 aliphatic rings. The SMILES string of the molecule is COc1ccc(Cl)cc1C(=O)N1CCN(c2ccc(NC(=O)c3ccccc3C)cc2)CC1. The zero-order valence-electron chi connectivity index (χ0n) is 18.7. The minimum atomic E-state index is -0.121. The lowest BCUT2D eigenvalue weighted by atomic mass is 10.1. The van der Waals surface area contributed by atoms with Gasteiger partial charge in [0.1, 0.15) is 5.75 Å². The van der Waals surface area contributed by atoms with Gasteiger partial charge >= 0.3 is 0 Å². The van der Waals surface area contributed by atoms with Gasteiger partial charge in [0, 0.05) is 48.1 Å². The van der Waals surface area contributed by atoms with Crippen molar-refractivity contribution in [3.05, 3.63) is 88.4 Å². The summed E-state index contributed by atoms with van der Waals surface area (Å²) in [7, 11) is 1.55. The van der Waals surface area contributed by atoms with E-state index in [1.807, 2.05) is 60.4 Å². The summed E-state index contributed by atoms with van der Waals surface area (Å²) in [6.07, 6.45) is 0. The summed E-state index contributed by atoms with van der Waals surface area (Å²) in [5.41, 5.74) is 3.88. The molecular formula is C26H26ClN3O3. The van der Waals surface area contributed by atoms with Crippen LogP contribution in [0.25, 0.3) is 0 Å². The molecule has 6 nitrogen and oxygen atoms in total. The maximum Gasteiger partial charge on any atom is 0.257 e. The standard InChI is InChI=1S/C26H26ClN3O3/c1-18-5-3-4-6-22(18)25(31)28-20-8-10-21(11-9-20)29-13-15-30(16-14-29)26(32)23-17-19(27)7-12-24(23)33-2/h3-12,17H,13-16H2,1-2H3,(H,28,31). The first-order valence-electron chi connectivity index (χ1n) is 10.8. The molecule has 0 aromatic heterocycles. The molecule has 0 unspecified atom stereocenters. The Hall–Kier alpha value is -3.51. The Morgan fingerprint density at radius 1 is 0.909 bits per heavy atom. The van der Waals surface area contributed by atoms with Crippen LogP contribution in [0.2, 0.25) is 5.02 Å². The molecule has 1 aliphatic heterocycles. The first kappa shape index (κ1) is 22.7. The van der Waals surface area contributed by atoms with Crippen molar-refractivity contribution in [2.75, 3.05) is 43.5 Å². The van der Waals surface area contributed by atoms with E-state index in [0.29, 0.717) is 48.1 Å². The molecule has 1 N–H and O–H groups in total. The number of nitrogens with zero attached hydrogens (tertiary/aromatic N) is 2. The zero-order chi connectivity index (χ0) is 23.4. The summed E-state index contributed by atoms with van der Waals surface area (Å²) in [6.45, 7) is 4.54. The Morgan fingerprint density at radius 3 is 2.27 bits per heavy atom. The average Bonchev–Trinajstić information content (AvgIpc) is 2.84. The maximum atomic E-state index is 13.0. The number of ether oxygens (including phenoxy) is 1. The van der Waals surface area contributed by atoms with Crippen LogP contribution in [0.4, 0.5) is 11.4 Å². The smallest absolute Gasteiger partial charge is 0.257 e. The number of hydrogen-bond donors (Lipinski definition) is 1. The van der Waals surface area contributed by atoms with Gasteiger partial charge in [-0.05, 0) is 61.0 Å². The molecule has 0 aliphatic carbocycles. The number of methoxy groups -OCH3 is 1. The number of rotatable bonds is 5. The van der Waals surface area contributed by atoms with Crippen LogP contribution in [0, 0.1) is 6.92 Å². The lowest BCUT2D eigenvalue weighted by Crippen LogP contribution is -2.48. The number of halogens is 1. The van der Waals surface area contributed by atoms with E-state index in [9.17, 15) is 9.59 Å². The van der Waals surface area contributed by atoms with E-state index < -0.39 is 0 Å². The van der Waals surface area contributed by atoms with Crippen molar-refractivity contribution in [1.29, 1.82) is 0 Å². The van der Waals surface area contributed by atoms with Gasteiger partial charge in [0.2, 0.25) is 0 Å². The van der Waals surface area contributed by atoms with Crippen LogP contribution in [0.5, 0.6) is 5.75 Å². The van der Waals surface area contributed by atoms with E-state index in [0.717, 1.165) is 16.9 Å². The molecular weight excluding hydrogens is 438 g/mol. The zero-order valence-corrected chi connectivity index (χ0v) is 19.4. The number of anilines is 2. The molecule has 0 saturated carbocycles. The van der Waals surface area contributed by atoms with Gasteiger partial charge in [-0.2, -0.15) is 0 Å². The first-order chi connectivity index (χ1) is 16.0. The molecule has 1 fully saturated rings. The molecule has 0 bridgehead atoms. The first-order valence-corrected chi connectivity index (χ1v) is 11.2. The Labute approximate surface area is 198 Å². The van der Waals surface area contributed by atoms with Crippen molar-refractivity contribution in [3.63, 3.8) is 0 Å². The maximum absolute atomic E-state index is 13.0. The average molecular weight is 464 g/mol. The van der Waals surface area contributed by atoms with Gasteiger partial charge in [-0.25, -0.2) is 0 Å². The molecule has 1 heterocycles. The van der Waals surface area contributed by atoms with Gasteiger partial charge in [-0.3, -0.25) is 9.59 Å². The predicted octanol–water partition coefficient (Wildman–Crippen LogP) is 4.87. The van der Waals surface area contributed by atoms with E-state index in [-0.39, 0.29) is 11.8 Å². The Balaban J connectivity index is 1.36. The highest BCUT2D eigenvalue weighted by Gasteiger charge is 2.24. The Kier molecular flexibility index (Phi) is 6.84. The molecule has 7 heteroatoms. The summed E-state index contributed by atoms with van der Waals surface area (Å²) in [5, 5.41) is 3.46. The van der Waals surface area contributed by atoms with E-state index in [1.54, 1.807) is 25.3 Å². The number of amides is 2. The van der Waals surface area contributed by atoms with Gasteiger partial charge in [-0.1, -0.05) is 29.8 Å². The number of carbonyl (C=O) groups is 2. The van der Waals surface area contributed by atoms with Crippen molar-refractivity contribution in [1.82, 2.24) is 4.90 Å². The topological polar surface area (TPSA) is 61.9 Å². The van der Waals surface area contributed by atoms with Crippen molar-refractivity contribution >= 4 is 34.8 Å². The van der Waals surface area contributed by atoms with Crippen molar-refractivity contribution in [2.24, 2.45) is 0 Å². The third-order valence-corrected chi connectivity index (χ3v) is 6.07. The fraction of sp³-hybridized carbons (Fsp3) is 0.231. The van der Waals surface area contributed by atoms with Crippen LogP contribution in [-0.2, 0) is 0 Å². The quantitative estimate of drug-likeness (QED) is 0.586. The van der Waals surface area contributed by atoms with E-state index in [4.69, 9.17) is 16.3 Å². The van der Waals surface area contributed by atoms with Gasteiger partial charge in [0.25, 0.3) is 11.8 Å². The van der Waals surface area contributed by atoms with Crippen molar-refractivity contribution < 1.29 is 14.3 Å². The number of hydrogen-bond acceptors (Lipinski definition) is 4. The molecule has 170 valence electrons. The highest BCUT2D eigenvalue weighted by atomic mass is 35.5. The second-order valence-corrected chi connectivity index (χ2v) is 8.38. The minimum absolute atomic E-state index is 0.0803. The fourth-order valence-corrected chi connectivity index (χ4v) is 4.14. The van der Waals surface area contributed by atoms with Crippen LogP contribution in [0.3, 0.4) is 0 Å². The molecule has 2 amide bonds. The number of carbonyl (C=O) groups excluding carboxylic acids is 2. The number of benzene rings is 3. The van der Waals surface area contributed by atoms with Crippen molar-refractivity contribution in [3.8, 4) is 5.75 Å². The molecule has 3 aromatic carbocycles. The minimum Gasteiger partial charge on any atom is -0.496 e. The highest BCUT2D eigenvalue weighted by Crippen LogP contribution is 2.26. The molecule has 0 radical (unpaired) electrons. The normalized spacial score (nSPS) is 13.5. The molecule has 1 saturated heterocycles.